The van der Waals surface area contributed by atoms with E-state index in [1.807, 2.05) is 68.4 Å². The zero-order valence-electron chi connectivity index (χ0n) is 28.4. The smallest absolute Gasteiger partial charge is 0.290 e. The van der Waals surface area contributed by atoms with Crippen LogP contribution < -0.4 is 19.7 Å². The lowest BCUT2D eigenvalue weighted by atomic mass is 9.92. The van der Waals surface area contributed by atoms with Crippen molar-refractivity contribution in [1.29, 1.82) is 0 Å². The molecule has 0 radical (unpaired) electrons. The molecule has 2 fully saturated rings. The van der Waals surface area contributed by atoms with Crippen molar-refractivity contribution in [2.75, 3.05) is 30.3 Å². The van der Waals surface area contributed by atoms with Gasteiger partial charge in [-0.3, -0.25) is 13.9 Å². The number of carbonyl (C=O) groups excluding carboxylic acids is 1. The van der Waals surface area contributed by atoms with Crippen LogP contribution in [-0.2, 0) is 26.8 Å². The first-order chi connectivity index (χ1) is 23.4. The third-order valence-corrected chi connectivity index (χ3v) is 11.2. The zero-order chi connectivity index (χ0) is 35.6. The van der Waals surface area contributed by atoms with Gasteiger partial charge in [0.15, 0.2) is 5.82 Å². The number of halogens is 1. The highest BCUT2D eigenvalue weighted by Crippen LogP contribution is 2.39. The Bertz CT molecular complexity index is 1660. The minimum atomic E-state index is -3.70. The van der Waals surface area contributed by atoms with E-state index in [2.05, 4.69) is 10.6 Å². The highest BCUT2D eigenvalue weighted by molar-refractivity contribution is 7.92. The average Bonchev–Trinajstić information content (AvgIpc) is 3.63. The number of hydrogen-bond donors (Lipinski definition) is 4. The Labute approximate surface area is 288 Å². The van der Waals surface area contributed by atoms with Gasteiger partial charge in [0, 0.05) is 18.6 Å². The summed E-state index contributed by atoms with van der Waals surface area (Å²) < 4.78 is 48.9. The lowest BCUT2D eigenvalue weighted by molar-refractivity contribution is -0.122. The van der Waals surface area contributed by atoms with Gasteiger partial charge in [0.1, 0.15) is 5.75 Å². The van der Waals surface area contributed by atoms with Gasteiger partial charge in [0.25, 0.3) is 12.4 Å². The number of ether oxygens (including phenoxy) is 1. The fraction of sp³-hybridized carbons (Fsp3) is 0.459. The van der Waals surface area contributed by atoms with Gasteiger partial charge in [-0.1, -0.05) is 55.3 Å². The molecule has 5 rings (SSSR count). The normalized spacial score (nSPS) is 17.4. The van der Waals surface area contributed by atoms with Gasteiger partial charge in [-0.2, -0.15) is 0 Å². The molecule has 0 aromatic heterocycles. The molecule has 49 heavy (non-hydrogen) atoms. The van der Waals surface area contributed by atoms with Crippen LogP contribution >= 0.6 is 0 Å². The first kappa shape index (κ1) is 37.8. The van der Waals surface area contributed by atoms with Crippen LogP contribution in [0.25, 0.3) is 0 Å². The summed E-state index contributed by atoms with van der Waals surface area (Å²) in [6.07, 6.45) is 4.31. The summed E-state index contributed by atoms with van der Waals surface area (Å²) in [5.74, 6) is -0.727. The van der Waals surface area contributed by atoms with Gasteiger partial charge in [0.05, 0.1) is 36.3 Å². The minimum Gasteiger partial charge on any atom is -0.497 e. The summed E-state index contributed by atoms with van der Waals surface area (Å²) >= 11 is 0. The van der Waals surface area contributed by atoms with Crippen LogP contribution in [-0.4, -0.2) is 69.1 Å². The maximum Gasteiger partial charge on any atom is 0.290 e. The van der Waals surface area contributed by atoms with Gasteiger partial charge >= 0.3 is 0 Å². The van der Waals surface area contributed by atoms with Gasteiger partial charge in [-0.05, 0) is 92.8 Å². The summed E-state index contributed by atoms with van der Waals surface area (Å²) in [5.41, 5.74) is 1.86. The van der Waals surface area contributed by atoms with Crippen LogP contribution in [0.3, 0.4) is 0 Å². The molecule has 4 N–H and O–H groups in total. The predicted molar refractivity (Wildman–Crippen MR) is 188 cm³/mol. The molecule has 2 atom stereocenters. The van der Waals surface area contributed by atoms with E-state index in [1.54, 1.807) is 19.2 Å². The Balaban J connectivity index is 0.00000174. The van der Waals surface area contributed by atoms with Crippen molar-refractivity contribution in [3.63, 3.8) is 0 Å². The second-order valence-corrected chi connectivity index (χ2v) is 15.2. The maximum absolute atomic E-state index is 16.3. The summed E-state index contributed by atoms with van der Waals surface area (Å²) in [6.45, 7) is 4.07. The number of nitrogens with one attached hydrogen (secondary N) is 2. The van der Waals surface area contributed by atoms with Crippen molar-refractivity contribution in [2.45, 2.75) is 82.4 Å². The van der Waals surface area contributed by atoms with Gasteiger partial charge in [0.2, 0.25) is 10.0 Å². The molecule has 2 aliphatic rings. The standard InChI is InChI=1S/C36H46FN3O5S.CH2O2/c1-36(2,28-16-11-17-29(23-28)45-3)38-24-33(41)31(20-25-12-5-4-6-13-25)39-35(42)30-21-27(26-14-7-8-15-26)22-32(34(30)37)40-18-9-10-19-46(40,43)44;2-1-3/h4-6,11-13,16-17,21-23,26,31,33,38,41H,7-10,14-15,18-20,24H2,1-3H3,(H,39,42);1H,(H,2,3)/t31-,33+;/m0./s1. The molecule has 10 nitrogen and oxygen atoms in total. The SMILES string of the molecule is COc1cccc(C(C)(C)NC[C@@H](O)[C@H](Cc2ccccc2)NC(=O)c2cc(C3CCCC3)cc(N3CCCCS3(=O)=O)c2F)c1.O=CO. The van der Waals surface area contributed by atoms with E-state index in [0.29, 0.717) is 19.3 Å². The molecule has 3 aromatic carbocycles. The van der Waals surface area contributed by atoms with E-state index in [0.717, 1.165) is 52.4 Å². The topological polar surface area (TPSA) is 145 Å². The van der Waals surface area contributed by atoms with Crippen molar-refractivity contribution < 1.29 is 37.3 Å². The fourth-order valence-electron chi connectivity index (χ4n) is 6.55. The van der Waals surface area contributed by atoms with Crippen molar-refractivity contribution >= 4 is 28.1 Å². The molecular weight excluding hydrogens is 649 g/mol. The number of amides is 1. The molecule has 3 aromatic rings. The summed E-state index contributed by atoms with van der Waals surface area (Å²) in [6, 6.07) is 19.6. The highest BCUT2D eigenvalue weighted by Gasteiger charge is 2.33. The molecule has 1 saturated heterocycles. The molecule has 1 aliphatic carbocycles. The van der Waals surface area contributed by atoms with E-state index >= 15 is 4.39 Å². The molecule has 12 heteroatoms. The van der Waals surface area contributed by atoms with E-state index < -0.39 is 39.4 Å². The molecule has 0 spiro atoms. The lowest BCUT2D eigenvalue weighted by Crippen LogP contribution is -2.51. The first-order valence-electron chi connectivity index (χ1n) is 16.7. The van der Waals surface area contributed by atoms with Gasteiger partial charge in [-0.25, -0.2) is 12.8 Å². The highest BCUT2D eigenvalue weighted by atomic mass is 32.2. The predicted octanol–water partition coefficient (Wildman–Crippen LogP) is 5.35. The van der Waals surface area contributed by atoms with E-state index in [1.165, 1.54) is 0 Å². The molecule has 0 unspecified atom stereocenters. The number of sulfonamides is 1. The van der Waals surface area contributed by atoms with Crippen molar-refractivity contribution in [2.24, 2.45) is 0 Å². The van der Waals surface area contributed by atoms with Gasteiger partial charge in [-0.15, -0.1) is 0 Å². The van der Waals surface area contributed by atoms with Crippen LogP contribution in [0, 0.1) is 5.82 Å². The Hall–Kier alpha value is -4.00. The van der Waals surface area contributed by atoms with Crippen molar-refractivity contribution in [3.05, 3.63) is 94.8 Å². The van der Waals surface area contributed by atoms with Crippen molar-refractivity contribution in [3.8, 4) is 5.75 Å². The van der Waals surface area contributed by atoms with Crippen LogP contribution in [0.1, 0.15) is 85.3 Å². The molecule has 266 valence electrons. The first-order valence-corrected chi connectivity index (χ1v) is 18.3. The van der Waals surface area contributed by atoms with Gasteiger partial charge < -0.3 is 25.6 Å². The zero-order valence-corrected chi connectivity index (χ0v) is 29.2. The number of hydrogen-bond acceptors (Lipinski definition) is 7. The van der Waals surface area contributed by atoms with Crippen LogP contribution in [0.5, 0.6) is 5.75 Å². The second-order valence-electron chi connectivity index (χ2n) is 13.2. The largest absolute Gasteiger partial charge is 0.497 e. The summed E-state index contributed by atoms with van der Waals surface area (Å²) in [7, 11) is -2.09. The Morgan fingerprint density at radius 1 is 1.06 bits per heavy atom. The van der Waals surface area contributed by atoms with E-state index in [9.17, 15) is 18.3 Å². The van der Waals surface area contributed by atoms with Crippen LogP contribution in [0.15, 0.2) is 66.7 Å². The number of aliphatic hydroxyl groups excluding tert-OH is 1. The Morgan fingerprint density at radius 3 is 2.41 bits per heavy atom. The van der Waals surface area contributed by atoms with Crippen molar-refractivity contribution in [1.82, 2.24) is 10.6 Å². The lowest BCUT2D eigenvalue weighted by Gasteiger charge is -2.32. The maximum atomic E-state index is 16.3. The number of aliphatic hydroxyl groups is 1. The quantitative estimate of drug-likeness (QED) is 0.186. The number of rotatable bonds is 12. The third kappa shape index (κ3) is 9.80. The molecule has 1 heterocycles. The van der Waals surface area contributed by atoms with Crippen LogP contribution in [0.2, 0.25) is 0 Å². The number of anilines is 1. The monoisotopic (exact) mass is 697 g/mol. The number of methoxy groups -OCH3 is 1. The molecule has 0 bridgehead atoms. The fourth-order valence-corrected chi connectivity index (χ4v) is 8.17. The number of carbonyl (C=O) groups is 2. The second kappa shape index (κ2) is 17.1. The Morgan fingerprint density at radius 2 is 1.76 bits per heavy atom. The number of carboxylic acid groups (broad SMARTS) is 1. The number of nitrogens with zero attached hydrogens (tertiary/aromatic N) is 1. The van der Waals surface area contributed by atoms with E-state index in [-0.39, 0.29) is 42.5 Å². The molecule has 1 saturated carbocycles. The summed E-state index contributed by atoms with van der Waals surface area (Å²) in [4.78, 5) is 22.3. The third-order valence-electron chi connectivity index (χ3n) is 9.39. The average molecular weight is 698 g/mol. The Kier molecular flexibility index (Phi) is 13.2. The van der Waals surface area contributed by atoms with E-state index in [4.69, 9.17) is 14.6 Å². The van der Waals surface area contributed by atoms with Crippen LogP contribution in [0.4, 0.5) is 10.1 Å². The molecular formula is C37H48FN3O7S. The number of benzene rings is 3. The molecule has 1 amide bonds. The summed E-state index contributed by atoms with van der Waals surface area (Å²) in [5, 5.41) is 24.8. The minimum absolute atomic E-state index is 0.0495. The molecule has 1 aliphatic heterocycles.